The van der Waals surface area contributed by atoms with Gasteiger partial charge in [0.1, 0.15) is 5.69 Å². The zero-order valence-corrected chi connectivity index (χ0v) is 12.7. The van der Waals surface area contributed by atoms with Gasteiger partial charge in [-0.05, 0) is 30.7 Å². The molecule has 108 valence electrons. The van der Waals surface area contributed by atoms with Gasteiger partial charge in [0.2, 0.25) is 0 Å². The van der Waals surface area contributed by atoms with Crippen LogP contribution in [0.25, 0.3) is 0 Å². The van der Waals surface area contributed by atoms with E-state index in [0.29, 0.717) is 18.8 Å². The fraction of sp³-hybridized carbons (Fsp3) is 0.250. The van der Waals surface area contributed by atoms with Crippen LogP contribution in [0.5, 0.6) is 0 Å². The van der Waals surface area contributed by atoms with Crippen molar-refractivity contribution in [1.82, 2.24) is 10.3 Å². The highest BCUT2D eigenvalue weighted by Gasteiger charge is 2.07. The van der Waals surface area contributed by atoms with Crippen LogP contribution in [0.4, 0.5) is 0 Å². The summed E-state index contributed by atoms with van der Waals surface area (Å²) < 4.78 is 0. The van der Waals surface area contributed by atoms with Crippen molar-refractivity contribution in [3.05, 3.63) is 51.5 Å². The third-order valence-corrected chi connectivity index (χ3v) is 4.05. The van der Waals surface area contributed by atoms with E-state index in [2.05, 4.69) is 35.1 Å². The SMILES string of the molecule is CCc1ccc(CNC(=O)c2ccc(C#CCN)cn2)s1. The Morgan fingerprint density at radius 3 is 2.76 bits per heavy atom. The van der Waals surface area contributed by atoms with E-state index in [0.717, 1.165) is 16.9 Å². The van der Waals surface area contributed by atoms with Crippen LogP contribution in [0.3, 0.4) is 0 Å². The number of nitrogens with two attached hydrogens (primary N) is 1. The number of rotatable bonds is 4. The Balaban J connectivity index is 1.93. The Hall–Kier alpha value is -2.16. The molecule has 2 aromatic heterocycles. The molecule has 5 heteroatoms. The van der Waals surface area contributed by atoms with Crippen LogP contribution in [-0.4, -0.2) is 17.4 Å². The lowest BCUT2D eigenvalue weighted by molar-refractivity contribution is 0.0946. The largest absolute Gasteiger partial charge is 0.346 e. The van der Waals surface area contributed by atoms with Crippen LogP contribution >= 0.6 is 11.3 Å². The number of nitrogens with one attached hydrogen (secondary N) is 1. The van der Waals surface area contributed by atoms with Crippen LogP contribution in [0.1, 0.15) is 32.7 Å². The third-order valence-electron chi connectivity index (χ3n) is 2.82. The van der Waals surface area contributed by atoms with E-state index in [1.807, 2.05) is 6.07 Å². The normalized spacial score (nSPS) is 9.81. The fourth-order valence-corrected chi connectivity index (χ4v) is 2.62. The standard InChI is InChI=1S/C16H17N3OS/c1-2-13-6-7-14(21-13)11-19-16(20)15-8-5-12(10-18-15)4-3-9-17/h5-8,10H,2,9,11,17H2,1H3,(H,19,20). The lowest BCUT2D eigenvalue weighted by atomic mass is 10.2. The molecule has 21 heavy (non-hydrogen) atoms. The van der Waals surface area contributed by atoms with Crippen LogP contribution in [0.15, 0.2) is 30.5 Å². The minimum atomic E-state index is -0.181. The van der Waals surface area contributed by atoms with Crippen molar-refractivity contribution in [2.24, 2.45) is 5.73 Å². The Kier molecular flexibility index (Phi) is 5.50. The molecule has 0 bridgehead atoms. The van der Waals surface area contributed by atoms with Gasteiger partial charge in [-0.15, -0.1) is 11.3 Å². The summed E-state index contributed by atoms with van der Waals surface area (Å²) in [6.45, 7) is 2.95. The summed E-state index contributed by atoms with van der Waals surface area (Å²) in [5, 5.41) is 2.87. The van der Waals surface area contributed by atoms with E-state index in [1.165, 1.54) is 4.88 Å². The molecule has 0 spiro atoms. The summed E-state index contributed by atoms with van der Waals surface area (Å²) in [6.07, 6.45) is 2.60. The molecule has 0 aromatic carbocycles. The van der Waals surface area contributed by atoms with Gasteiger partial charge in [0.25, 0.3) is 5.91 Å². The highest BCUT2D eigenvalue weighted by Crippen LogP contribution is 2.16. The van der Waals surface area contributed by atoms with E-state index < -0.39 is 0 Å². The summed E-state index contributed by atoms with van der Waals surface area (Å²) in [5.41, 5.74) is 6.45. The Morgan fingerprint density at radius 2 is 2.14 bits per heavy atom. The van der Waals surface area contributed by atoms with Crippen molar-refractivity contribution in [3.63, 3.8) is 0 Å². The van der Waals surface area contributed by atoms with Gasteiger partial charge < -0.3 is 11.1 Å². The number of aromatic nitrogens is 1. The van der Waals surface area contributed by atoms with Crippen molar-refractivity contribution in [2.45, 2.75) is 19.9 Å². The van der Waals surface area contributed by atoms with Crippen molar-refractivity contribution in [1.29, 1.82) is 0 Å². The molecule has 2 rings (SSSR count). The maximum Gasteiger partial charge on any atom is 0.270 e. The number of amides is 1. The van der Waals surface area contributed by atoms with Gasteiger partial charge in [0.05, 0.1) is 13.1 Å². The van der Waals surface area contributed by atoms with E-state index >= 15 is 0 Å². The van der Waals surface area contributed by atoms with E-state index in [4.69, 9.17) is 5.73 Å². The average molecular weight is 299 g/mol. The molecule has 1 amide bonds. The maximum atomic E-state index is 12.0. The molecule has 3 N–H and O–H groups in total. The second-order valence-corrected chi connectivity index (χ2v) is 5.60. The lowest BCUT2D eigenvalue weighted by Gasteiger charge is -2.03. The van der Waals surface area contributed by atoms with Gasteiger partial charge in [-0.3, -0.25) is 4.79 Å². The Morgan fingerprint density at radius 1 is 1.33 bits per heavy atom. The van der Waals surface area contributed by atoms with Crippen LogP contribution in [0.2, 0.25) is 0 Å². The summed E-state index contributed by atoms with van der Waals surface area (Å²) in [4.78, 5) is 18.6. The first-order valence-corrected chi connectivity index (χ1v) is 7.55. The quantitative estimate of drug-likeness (QED) is 0.848. The molecule has 2 aromatic rings. The molecule has 0 saturated carbocycles. The highest BCUT2D eigenvalue weighted by atomic mass is 32.1. The topological polar surface area (TPSA) is 68.0 Å². The molecule has 0 aliphatic heterocycles. The molecule has 2 heterocycles. The summed E-state index contributed by atoms with van der Waals surface area (Å²) in [5.74, 6) is 5.44. The molecule has 0 atom stereocenters. The molecule has 4 nitrogen and oxygen atoms in total. The van der Waals surface area contributed by atoms with E-state index in [1.54, 1.807) is 29.7 Å². The number of nitrogens with zero attached hydrogens (tertiary/aromatic N) is 1. The number of aryl methyl sites for hydroxylation is 1. The molecule has 0 aliphatic rings. The minimum absolute atomic E-state index is 0.181. The first kappa shape index (κ1) is 15.2. The predicted molar refractivity (Wildman–Crippen MR) is 85.0 cm³/mol. The smallest absolute Gasteiger partial charge is 0.270 e. The van der Waals surface area contributed by atoms with Gasteiger partial charge >= 0.3 is 0 Å². The number of carbonyl (C=O) groups is 1. The van der Waals surface area contributed by atoms with Crippen LogP contribution in [-0.2, 0) is 13.0 Å². The van der Waals surface area contributed by atoms with E-state index in [-0.39, 0.29) is 5.91 Å². The lowest BCUT2D eigenvalue weighted by Crippen LogP contribution is -2.23. The summed E-state index contributed by atoms with van der Waals surface area (Å²) >= 11 is 1.72. The van der Waals surface area contributed by atoms with Gasteiger partial charge in [0, 0.05) is 21.5 Å². The molecular formula is C16H17N3OS. The summed E-state index contributed by atoms with van der Waals surface area (Å²) in [6, 6.07) is 7.57. The number of carbonyl (C=O) groups excluding carboxylic acids is 1. The number of pyridine rings is 1. The average Bonchev–Trinajstić information content (AvgIpc) is 2.99. The number of hydrogen-bond donors (Lipinski definition) is 2. The first-order valence-electron chi connectivity index (χ1n) is 6.73. The van der Waals surface area contributed by atoms with Gasteiger partial charge in [-0.1, -0.05) is 18.8 Å². The molecule has 0 unspecified atom stereocenters. The van der Waals surface area contributed by atoms with Gasteiger partial charge in [-0.2, -0.15) is 0 Å². The van der Waals surface area contributed by atoms with Crippen molar-refractivity contribution in [2.75, 3.05) is 6.54 Å². The van der Waals surface area contributed by atoms with Crippen LogP contribution < -0.4 is 11.1 Å². The zero-order valence-electron chi connectivity index (χ0n) is 11.8. The number of hydrogen-bond acceptors (Lipinski definition) is 4. The van der Waals surface area contributed by atoms with Gasteiger partial charge in [0.15, 0.2) is 0 Å². The van der Waals surface area contributed by atoms with Crippen molar-refractivity contribution < 1.29 is 4.79 Å². The van der Waals surface area contributed by atoms with Crippen molar-refractivity contribution in [3.8, 4) is 11.8 Å². The fourth-order valence-electron chi connectivity index (χ4n) is 1.72. The Labute approximate surface area is 128 Å². The molecule has 0 fully saturated rings. The Bertz CT molecular complexity index is 665. The summed E-state index contributed by atoms with van der Waals surface area (Å²) in [7, 11) is 0. The number of thiophene rings is 1. The van der Waals surface area contributed by atoms with Crippen molar-refractivity contribution >= 4 is 17.2 Å². The van der Waals surface area contributed by atoms with E-state index in [9.17, 15) is 4.79 Å². The second-order valence-electron chi connectivity index (χ2n) is 4.34. The molecule has 0 aliphatic carbocycles. The minimum Gasteiger partial charge on any atom is -0.346 e. The molecule has 0 radical (unpaired) electrons. The monoisotopic (exact) mass is 299 g/mol. The predicted octanol–water partition coefficient (Wildman–Crippen LogP) is 1.95. The molecule has 0 saturated heterocycles. The third kappa shape index (κ3) is 4.42. The second kappa shape index (κ2) is 7.58. The van der Waals surface area contributed by atoms with Gasteiger partial charge in [-0.25, -0.2) is 4.98 Å². The first-order chi connectivity index (χ1) is 10.2. The maximum absolute atomic E-state index is 12.0. The molecular weight excluding hydrogens is 282 g/mol. The highest BCUT2D eigenvalue weighted by molar-refractivity contribution is 7.11. The van der Waals surface area contributed by atoms with Crippen LogP contribution in [0, 0.1) is 11.8 Å². The zero-order chi connectivity index (χ0) is 15.1.